The highest BCUT2D eigenvalue weighted by atomic mass is 32.2. The summed E-state index contributed by atoms with van der Waals surface area (Å²) in [5.74, 6) is 1.26. The number of thioether (sulfide) groups is 1. The summed E-state index contributed by atoms with van der Waals surface area (Å²) in [5.41, 5.74) is 0.823. The number of rotatable bonds is 4. The molecule has 0 N–H and O–H groups in total. The maximum absolute atomic E-state index is 11.7. The van der Waals surface area contributed by atoms with Crippen molar-refractivity contribution in [2.24, 2.45) is 5.92 Å². The van der Waals surface area contributed by atoms with E-state index in [2.05, 4.69) is 0 Å². The molecule has 1 nitrogen and oxygen atoms in total. The van der Waals surface area contributed by atoms with Crippen LogP contribution in [0, 0.1) is 5.92 Å². The second-order valence-electron chi connectivity index (χ2n) is 3.09. The van der Waals surface area contributed by atoms with Gasteiger partial charge in [-0.25, -0.2) is 0 Å². The van der Waals surface area contributed by atoms with Crippen LogP contribution >= 0.6 is 11.8 Å². The van der Waals surface area contributed by atoms with E-state index in [1.165, 1.54) is 0 Å². The second kappa shape index (κ2) is 5.07. The topological polar surface area (TPSA) is 17.1 Å². The quantitative estimate of drug-likeness (QED) is 0.686. The van der Waals surface area contributed by atoms with Gasteiger partial charge in [0.2, 0.25) is 0 Å². The van der Waals surface area contributed by atoms with Gasteiger partial charge in [-0.2, -0.15) is 11.8 Å². The van der Waals surface area contributed by atoms with Gasteiger partial charge in [0.25, 0.3) is 0 Å². The van der Waals surface area contributed by atoms with Gasteiger partial charge in [-0.05, 0) is 6.26 Å². The van der Waals surface area contributed by atoms with E-state index in [0.717, 1.165) is 11.3 Å². The Morgan fingerprint density at radius 1 is 1.38 bits per heavy atom. The molecule has 0 aromatic heterocycles. The molecule has 1 rings (SSSR count). The van der Waals surface area contributed by atoms with Gasteiger partial charge >= 0.3 is 0 Å². The highest BCUT2D eigenvalue weighted by molar-refractivity contribution is 7.98. The number of carbonyl (C=O) groups is 1. The summed E-state index contributed by atoms with van der Waals surface area (Å²) in [6.07, 6.45) is 2.02. The van der Waals surface area contributed by atoms with Crippen molar-refractivity contribution in [1.82, 2.24) is 0 Å². The third-order valence-corrected chi connectivity index (χ3v) is 2.76. The van der Waals surface area contributed by atoms with Crippen LogP contribution < -0.4 is 0 Å². The summed E-state index contributed by atoms with van der Waals surface area (Å²) in [7, 11) is 0. The summed E-state index contributed by atoms with van der Waals surface area (Å²) in [6, 6.07) is 9.48. The fourth-order valence-corrected chi connectivity index (χ4v) is 1.86. The molecule has 0 aliphatic heterocycles. The van der Waals surface area contributed by atoms with Crippen LogP contribution in [0.15, 0.2) is 30.3 Å². The predicted molar refractivity (Wildman–Crippen MR) is 58.3 cm³/mol. The van der Waals surface area contributed by atoms with Crippen LogP contribution in [0.1, 0.15) is 17.3 Å². The molecule has 1 unspecified atom stereocenters. The van der Waals surface area contributed by atoms with Gasteiger partial charge in [0, 0.05) is 17.2 Å². The lowest BCUT2D eigenvalue weighted by Crippen LogP contribution is -2.13. The van der Waals surface area contributed by atoms with Crippen molar-refractivity contribution in [3.8, 4) is 0 Å². The van der Waals surface area contributed by atoms with Gasteiger partial charge in [-0.15, -0.1) is 0 Å². The van der Waals surface area contributed by atoms with Crippen LogP contribution in [0.2, 0.25) is 0 Å². The van der Waals surface area contributed by atoms with E-state index in [4.69, 9.17) is 0 Å². The van der Waals surface area contributed by atoms with Crippen LogP contribution in [0.25, 0.3) is 0 Å². The molecule has 0 bridgehead atoms. The number of hydrogen-bond acceptors (Lipinski definition) is 2. The molecule has 0 fully saturated rings. The molecule has 0 aliphatic rings. The summed E-state index contributed by atoms with van der Waals surface area (Å²) >= 11 is 1.71. The second-order valence-corrected chi connectivity index (χ2v) is 4.00. The number of Topliss-reactive ketones (excluding diaryl/α,β-unsaturated/α-hetero) is 1. The molecule has 0 heterocycles. The fourth-order valence-electron chi connectivity index (χ4n) is 1.21. The Balaban J connectivity index is 2.68. The van der Waals surface area contributed by atoms with Crippen LogP contribution in [-0.4, -0.2) is 17.8 Å². The Morgan fingerprint density at radius 3 is 2.54 bits per heavy atom. The summed E-state index contributed by atoms with van der Waals surface area (Å²) in [4.78, 5) is 11.7. The standard InChI is InChI=1S/C11H14OS/c1-9(8-13-2)11(12)10-6-4-3-5-7-10/h3-7,9H,8H2,1-2H3. The lowest BCUT2D eigenvalue weighted by molar-refractivity contribution is 0.0942. The first-order valence-corrected chi connectivity index (χ1v) is 5.73. The molecule has 0 saturated heterocycles. The maximum Gasteiger partial charge on any atom is 0.166 e. The molecule has 70 valence electrons. The Labute approximate surface area is 83.5 Å². The molecule has 0 spiro atoms. The molecule has 0 radical (unpaired) electrons. The average molecular weight is 194 g/mol. The maximum atomic E-state index is 11.7. The van der Waals surface area contributed by atoms with Gasteiger partial charge in [-0.1, -0.05) is 37.3 Å². The summed E-state index contributed by atoms with van der Waals surface area (Å²) in [5, 5.41) is 0. The average Bonchev–Trinajstić information content (AvgIpc) is 2.18. The third kappa shape index (κ3) is 2.88. The Morgan fingerprint density at radius 2 is 2.00 bits per heavy atom. The SMILES string of the molecule is CSCC(C)C(=O)c1ccccc1. The Hall–Kier alpha value is -0.760. The van der Waals surface area contributed by atoms with Gasteiger partial charge in [-0.3, -0.25) is 4.79 Å². The zero-order valence-corrected chi connectivity index (χ0v) is 8.80. The highest BCUT2D eigenvalue weighted by Crippen LogP contribution is 2.12. The van der Waals surface area contributed by atoms with E-state index in [1.807, 2.05) is 43.5 Å². The summed E-state index contributed by atoms with van der Waals surface area (Å²) < 4.78 is 0. The molecule has 13 heavy (non-hydrogen) atoms. The minimum atomic E-state index is 0.123. The molecule has 0 saturated carbocycles. The fraction of sp³-hybridized carbons (Fsp3) is 0.364. The monoisotopic (exact) mass is 194 g/mol. The smallest absolute Gasteiger partial charge is 0.166 e. The van der Waals surface area contributed by atoms with Crippen molar-refractivity contribution in [2.45, 2.75) is 6.92 Å². The van der Waals surface area contributed by atoms with Crippen LogP contribution in [0.3, 0.4) is 0 Å². The van der Waals surface area contributed by atoms with Crippen molar-refractivity contribution in [1.29, 1.82) is 0 Å². The minimum Gasteiger partial charge on any atom is -0.294 e. The summed E-state index contributed by atoms with van der Waals surface area (Å²) in [6.45, 7) is 1.98. The third-order valence-electron chi connectivity index (χ3n) is 1.92. The first-order chi connectivity index (χ1) is 6.25. The number of benzene rings is 1. The molecular weight excluding hydrogens is 180 g/mol. The van der Waals surface area contributed by atoms with E-state index in [0.29, 0.717) is 0 Å². The van der Waals surface area contributed by atoms with E-state index in [1.54, 1.807) is 11.8 Å². The molecule has 1 aromatic carbocycles. The van der Waals surface area contributed by atoms with Crippen molar-refractivity contribution >= 4 is 17.5 Å². The van der Waals surface area contributed by atoms with Gasteiger partial charge in [0.1, 0.15) is 0 Å². The minimum absolute atomic E-state index is 0.123. The Kier molecular flexibility index (Phi) is 4.03. The van der Waals surface area contributed by atoms with E-state index < -0.39 is 0 Å². The van der Waals surface area contributed by atoms with Crippen LogP contribution in [-0.2, 0) is 0 Å². The molecule has 0 amide bonds. The van der Waals surface area contributed by atoms with Gasteiger partial charge in [0.15, 0.2) is 5.78 Å². The first kappa shape index (κ1) is 10.3. The molecule has 1 atom stereocenters. The van der Waals surface area contributed by atoms with E-state index >= 15 is 0 Å². The predicted octanol–water partition coefficient (Wildman–Crippen LogP) is 2.87. The largest absolute Gasteiger partial charge is 0.294 e. The molecule has 2 heteroatoms. The lowest BCUT2D eigenvalue weighted by atomic mass is 10.0. The van der Waals surface area contributed by atoms with Crippen molar-refractivity contribution in [3.05, 3.63) is 35.9 Å². The molecule has 0 aliphatic carbocycles. The van der Waals surface area contributed by atoms with Crippen LogP contribution in [0.5, 0.6) is 0 Å². The van der Waals surface area contributed by atoms with Gasteiger partial charge in [0.05, 0.1) is 0 Å². The Bertz CT molecular complexity index is 269. The zero-order valence-electron chi connectivity index (χ0n) is 7.99. The van der Waals surface area contributed by atoms with E-state index in [-0.39, 0.29) is 11.7 Å². The van der Waals surface area contributed by atoms with Crippen molar-refractivity contribution in [3.63, 3.8) is 0 Å². The lowest BCUT2D eigenvalue weighted by Gasteiger charge is -2.07. The first-order valence-electron chi connectivity index (χ1n) is 4.34. The van der Waals surface area contributed by atoms with Crippen molar-refractivity contribution < 1.29 is 4.79 Å². The number of hydrogen-bond donors (Lipinski definition) is 0. The van der Waals surface area contributed by atoms with Crippen molar-refractivity contribution in [2.75, 3.05) is 12.0 Å². The normalized spacial score (nSPS) is 12.5. The highest BCUT2D eigenvalue weighted by Gasteiger charge is 2.13. The van der Waals surface area contributed by atoms with Crippen LogP contribution in [0.4, 0.5) is 0 Å². The van der Waals surface area contributed by atoms with E-state index in [9.17, 15) is 4.79 Å². The number of ketones is 1. The number of carbonyl (C=O) groups excluding carboxylic acids is 1. The molecular formula is C11H14OS. The molecule has 1 aromatic rings. The van der Waals surface area contributed by atoms with Gasteiger partial charge < -0.3 is 0 Å². The zero-order chi connectivity index (χ0) is 9.68.